The Bertz CT molecular complexity index is 884. The zero-order valence-electron chi connectivity index (χ0n) is 16.3. The Balaban J connectivity index is 1.54. The third-order valence-corrected chi connectivity index (χ3v) is 5.85. The third kappa shape index (κ3) is 3.20. The number of halogens is 1. The molecule has 0 radical (unpaired) electrons. The van der Waals surface area contributed by atoms with Crippen molar-refractivity contribution in [3.8, 4) is 0 Å². The zero-order valence-corrected chi connectivity index (χ0v) is 16.3. The summed E-state index contributed by atoms with van der Waals surface area (Å²) in [5.41, 5.74) is 2.00. The summed E-state index contributed by atoms with van der Waals surface area (Å²) in [6.07, 6.45) is 1.78. The third-order valence-electron chi connectivity index (χ3n) is 5.85. The van der Waals surface area contributed by atoms with Crippen molar-refractivity contribution in [2.24, 2.45) is 7.05 Å². The van der Waals surface area contributed by atoms with Crippen molar-refractivity contribution in [1.82, 2.24) is 14.4 Å². The molecule has 0 spiro atoms. The van der Waals surface area contributed by atoms with Crippen molar-refractivity contribution < 1.29 is 14.0 Å². The topological polar surface area (TPSA) is 48.8 Å². The molecule has 1 aromatic heterocycles. The number of ketones is 1. The van der Waals surface area contributed by atoms with Crippen LogP contribution in [-0.4, -0.2) is 71.4 Å². The Morgan fingerprint density at radius 1 is 1.04 bits per heavy atom. The van der Waals surface area contributed by atoms with E-state index in [1.54, 1.807) is 33.9 Å². The van der Waals surface area contributed by atoms with Crippen molar-refractivity contribution in [3.63, 3.8) is 0 Å². The van der Waals surface area contributed by atoms with Gasteiger partial charge in [-0.15, -0.1) is 0 Å². The number of anilines is 1. The van der Waals surface area contributed by atoms with Crippen molar-refractivity contribution in [3.05, 3.63) is 53.6 Å². The minimum atomic E-state index is -0.339. The molecule has 6 nitrogen and oxygen atoms in total. The second-order valence-corrected chi connectivity index (χ2v) is 7.41. The maximum atomic E-state index is 13.3. The number of aromatic nitrogens is 1. The van der Waals surface area contributed by atoms with Gasteiger partial charge in [0, 0.05) is 58.2 Å². The summed E-state index contributed by atoms with van der Waals surface area (Å²) >= 11 is 0. The molecule has 1 aromatic carbocycles. The highest BCUT2D eigenvalue weighted by Crippen LogP contribution is 2.24. The molecule has 2 aliphatic heterocycles. The maximum Gasteiger partial charge on any atom is 0.256 e. The van der Waals surface area contributed by atoms with Crippen LogP contribution in [0.1, 0.15) is 27.8 Å². The highest BCUT2D eigenvalue weighted by Gasteiger charge is 2.38. The van der Waals surface area contributed by atoms with Crippen LogP contribution >= 0.6 is 0 Å². The number of carbonyl (C=O) groups is 2. The fraction of sp³-hybridized carbons (Fsp3) is 0.429. The predicted octanol–water partition coefficient (Wildman–Crippen LogP) is 2.01. The van der Waals surface area contributed by atoms with Gasteiger partial charge in [-0.2, -0.15) is 0 Å². The van der Waals surface area contributed by atoms with Gasteiger partial charge in [-0.25, -0.2) is 4.39 Å². The number of hydrogen-bond acceptors (Lipinski definition) is 4. The first kappa shape index (κ1) is 18.7. The number of hydrogen-bond donors (Lipinski definition) is 0. The lowest BCUT2D eigenvalue weighted by Crippen LogP contribution is -2.55. The summed E-state index contributed by atoms with van der Waals surface area (Å²) in [4.78, 5) is 32.3. The van der Waals surface area contributed by atoms with E-state index >= 15 is 0 Å². The largest absolute Gasteiger partial charge is 0.369 e. The number of carbonyl (C=O) groups excluding carboxylic acids is 2. The van der Waals surface area contributed by atoms with Crippen molar-refractivity contribution in [2.45, 2.75) is 13.0 Å². The first-order valence-electron chi connectivity index (χ1n) is 9.73. The summed E-state index contributed by atoms with van der Waals surface area (Å²) in [7, 11) is 1.81. The van der Waals surface area contributed by atoms with Gasteiger partial charge in [0.25, 0.3) is 5.91 Å². The Hall–Kier alpha value is -2.67. The predicted molar refractivity (Wildman–Crippen MR) is 105 cm³/mol. The van der Waals surface area contributed by atoms with E-state index in [1.807, 2.05) is 14.0 Å². The number of rotatable bonds is 3. The molecule has 1 unspecified atom stereocenters. The minimum absolute atomic E-state index is 0.0158. The van der Waals surface area contributed by atoms with Gasteiger partial charge in [0.2, 0.25) is 0 Å². The summed E-state index contributed by atoms with van der Waals surface area (Å²) < 4.78 is 14.9. The minimum Gasteiger partial charge on any atom is -0.369 e. The van der Waals surface area contributed by atoms with E-state index in [2.05, 4.69) is 9.80 Å². The van der Waals surface area contributed by atoms with Crippen LogP contribution < -0.4 is 4.90 Å². The highest BCUT2D eigenvalue weighted by atomic mass is 19.1. The number of aryl methyl sites for hydroxylation is 1. The number of likely N-dealkylation sites (N-methyl/N-ethyl adjacent to an activating group) is 1. The van der Waals surface area contributed by atoms with E-state index in [4.69, 9.17) is 0 Å². The number of fused-ring (bicyclic) bond motifs is 1. The molecule has 1 saturated heterocycles. The zero-order chi connectivity index (χ0) is 19.8. The Kier molecular flexibility index (Phi) is 4.93. The van der Waals surface area contributed by atoms with E-state index in [0.29, 0.717) is 24.3 Å². The number of Topliss-reactive ketones (excluding diaryl/α,β-unsaturated/α-hetero) is 1. The fourth-order valence-corrected chi connectivity index (χ4v) is 4.21. The molecule has 2 aliphatic rings. The molecule has 0 aliphatic carbocycles. The fourth-order valence-electron chi connectivity index (χ4n) is 4.21. The molecule has 0 saturated carbocycles. The van der Waals surface area contributed by atoms with E-state index in [0.717, 1.165) is 31.9 Å². The van der Waals surface area contributed by atoms with E-state index < -0.39 is 0 Å². The molecular formula is C21H25FN4O2. The van der Waals surface area contributed by atoms with E-state index in [1.165, 1.54) is 12.1 Å². The van der Waals surface area contributed by atoms with Gasteiger partial charge in [-0.1, -0.05) is 0 Å². The summed E-state index contributed by atoms with van der Waals surface area (Å²) in [6.45, 7) is 5.90. The molecule has 148 valence electrons. The molecule has 0 N–H and O–H groups in total. The van der Waals surface area contributed by atoms with Gasteiger partial charge < -0.3 is 14.4 Å². The smallest absolute Gasteiger partial charge is 0.256 e. The maximum absolute atomic E-state index is 13.3. The van der Waals surface area contributed by atoms with Crippen LogP contribution in [0.3, 0.4) is 0 Å². The van der Waals surface area contributed by atoms with Crippen LogP contribution in [0.2, 0.25) is 0 Å². The number of amides is 1. The van der Waals surface area contributed by atoms with E-state index in [-0.39, 0.29) is 23.5 Å². The molecule has 2 aromatic rings. The van der Waals surface area contributed by atoms with Crippen molar-refractivity contribution in [2.75, 3.05) is 44.2 Å². The molecule has 1 fully saturated rings. The Labute approximate surface area is 164 Å². The average Bonchev–Trinajstić information content (AvgIpc) is 3.05. The lowest BCUT2D eigenvalue weighted by atomic mass is 10.1. The van der Waals surface area contributed by atoms with Crippen LogP contribution in [0, 0.1) is 5.82 Å². The monoisotopic (exact) mass is 384 g/mol. The molecule has 0 bridgehead atoms. The highest BCUT2D eigenvalue weighted by molar-refractivity contribution is 6.11. The van der Waals surface area contributed by atoms with Crippen molar-refractivity contribution >= 4 is 17.4 Å². The number of piperazine rings is 1. The lowest BCUT2D eigenvalue weighted by molar-refractivity contribution is 0.0650. The summed E-state index contributed by atoms with van der Waals surface area (Å²) in [5, 5.41) is 0. The van der Waals surface area contributed by atoms with Gasteiger partial charge in [-0.05, 0) is 37.3 Å². The van der Waals surface area contributed by atoms with Crippen LogP contribution in [0.25, 0.3) is 0 Å². The Morgan fingerprint density at radius 3 is 2.36 bits per heavy atom. The molecule has 1 atom stereocenters. The number of benzene rings is 1. The van der Waals surface area contributed by atoms with Gasteiger partial charge >= 0.3 is 0 Å². The van der Waals surface area contributed by atoms with Crippen molar-refractivity contribution in [1.29, 1.82) is 0 Å². The quantitative estimate of drug-likeness (QED) is 0.812. The average molecular weight is 384 g/mol. The standard InChI is InChI=1S/C21H25FN4O2/c1-3-24-14-18(20(27)19-17(21(24)28)8-9-23(19)2)26-12-10-25(11-13-26)16-6-4-15(22)5-7-16/h4-9,18H,3,10-14H2,1-2H3. The first-order chi connectivity index (χ1) is 13.5. The van der Waals surface area contributed by atoms with Crippen LogP contribution in [0.15, 0.2) is 36.5 Å². The van der Waals surface area contributed by atoms with Gasteiger partial charge in [0.1, 0.15) is 5.82 Å². The number of nitrogens with zero attached hydrogens (tertiary/aromatic N) is 4. The second kappa shape index (κ2) is 7.39. The molecule has 1 amide bonds. The Morgan fingerprint density at radius 2 is 1.71 bits per heavy atom. The second-order valence-electron chi connectivity index (χ2n) is 7.41. The van der Waals surface area contributed by atoms with Crippen LogP contribution in [0.5, 0.6) is 0 Å². The normalized spacial score (nSPS) is 21.0. The molecule has 4 rings (SSSR count). The van der Waals surface area contributed by atoms with Crippen LogP contribution in [0.4, 0.5) is 10.1 Å². The molecule has 28 heavy (non-hydrogen) atoms. The molecular weight excluding hydrogens is 359 g/mol. The lowest BCUT2D eigenvalue weighted by Gasteiger charge is -2.40. The van der Waals surface area contributed by atoms with Gasteiger partial charge in [-0.3, -0.25) is 14.5 Å². The molecule has 3 heterocycles. The molecule has 7 heteroatoms. The summed E-state index contributed by atoms with van der Waals surface area (Å²) in [6, 6.07) is 7.92. The van der Waals surface area contributed by atoms with Gasteiger partial charge in [0.15, 0.2) is 5.78 Å². The van der Waals surface area contributed by atoms with E-state index in [9.17, 15) is 14.0 Å². The first-order valence-corrected chi connectivity index (χ1v) is 9.73. The van der Waals surface area contributed by atoms with Crippen LogP contribution in [-0.2, 0) is 7.05 Å². The summed E-state index contributed by atoms with van der Waals surface area (Å²) in [5.74, 6) is -0.296. The SMILES string of the molecule is CCN1CC(N2CCN(c3ccc(F)cc3)CC2)C(=O)c2c(ccn2C)C1=O. The van der Waals surface area contributed by atoms with Gasteiger partial charge in [0.05, 0.1) is 17.3 Å².